The third kappa shape index (κ3) is 4.93. The molecule has 2 heterocycles. The van der Waals surface area contributed by atoms with E-state index in [-0.39, 0.29) is 24.0 Å². The molecule has 0 bridgehead atoms. The van der Waals surface area contributed by atoms with Crippen molar-refractivity contribution in [3.63, 3.8) is 0 Å². The fourth-order valence-corrected chi connectivity index (χ4v) is 2.73. The molecule has 0 fully saturated rings. The van der Waals surface area contributed by atoms with E-state index in [1.807, 2.05) is 4.90 Å². The van der Waals surface area contributed by atoms with Gasteiger partial charge in [0.15, 0.2) is 0 Å². The van der Waals surface area contributed by atoms with Crippen LogP contribution in [0.2, 0.25) is 0 Å². The first kappa shape index (κ1) is 20.4. The first-order chi connectivity index (χ1) is 13.8. The van der Waals surface area contributed by atoms with Crippen LogP contribution in [-0.4, -0.2) is 46.3 Å². The Morgan fingerprint density at radius 2 is 2.10 bits per heavy atom. The summed E-state index contributed by atoms with van der Waals surface area (Å²) in [6.07, 6.45) is -0.657. The van der Waals surface area contributed by atoms with Gasteiger partial charge in [-0.25, -0.2) is 14.5 Å². The topological polar surface area (TPSA) is 88.2 Å². The molecule has 0 radical (unpaired) electrons. The normalized spacial score (nSPS) is 12.8. The molecule has 154 valence electrons. The summed E-state index contributed by atoms with van der Waals surface area (Å²) in [6.45, 7) is 0.144. The minimum absolute atomic E-state index is 0.144. The number of nitrogens with one attached hydrogen (secondary N) is 2. The Kier molecular flexibility index (Phi) is 5.87. The van der Waals surface area contributed by atoms with E-state index in [1.54, 1.807) is 26.2 Å². The number of furan rings is 1. The maximum atomic E-state index is 13.5. The lowest BCUT2D eigenvalue weighted by atomic mass is 10.1. The van der Waals surface area contributed by atoms with Crippen LogP contribution in [0.25, 0.3) is 5.69 Å². The Hall–Kier alpha value is -3.34. The molecule has 2 amide bonds. The molecule has 8 nitrogen and oxygen atoms in total. The van der Waals surface area contributed by atoms with E-state index in [9.17, 15) is 18.0 Å². The quantitative estimate of drug-likeness (QED) is 0.653. The highest BCUT2D eigenvalue weighted by molar-refractivity contribution is 5.90. The predicted octanol–water partition coefficient (Wildman–Crippen LogP) is 3.30. The van der Waals surface area contributed by atoms with Gasteiger partial charge in [-0.1, -0.05) is 0 Å². The second-order valence-electron chi connectivity index (χ2n) is 6.40. The maximum absolute atomic E-state index is 13.5. The molecule has 0 saturated carbocycles. The van der Waals surface area contributed by atoms with Gasteiger partial charge in [-0.2, -0.15) is 18.3 Å². The number of nitrogens with zero attached hydrogens (tertiary/aromatic N) is 4. The van der Waals surface area contributed by atoms with Crippen molar-refractivity contribution >= 4 is 11.7 Å². The summed E-state index contributed by atoms with van der Waals surface area (Å²) in [4.78, 5) is 17.8. The number of alkyl halides is 3. The largest absolute Gasteiger partial charge is 0.468 e. The molecular formula is C18H19F3N6O2. The molecule has 0 aliphatic carbocycles. The van der Waals surface area contributed by atoms with E-state index < -0.39 is 17.8 Å². The lowest BCUT2D eigenvalue weighted by molar-refractivity contribution is -0.136. The van der Waals surface area contributed by atoms with Gasteiger partial charge < -0.3 is 15.1 Å². The number of anilines is 1. The van der Waals surface area contributed by atoms with Gasteiger partial charge in [0.1, 0.15) is 18.4 Å². The molecule has 2 aromatic heterocycles. The number of rotatable bonds is 6. The second kappa shape index (κ2) is 8.35. The van der Waals surface area contributed by atoms with E-state index >= 15 is 0 Å². The lowest BCUT2D eigenvalue weighted by Crippen LogP contribution is -2.37. The molecule has 0 aliphatic rings. The Balaban J connectivity index is 1.74. The van der Waals surface area contributed by atoms with Crippen LogP contribution < -0.4 is 10.6 Å². The number of hydrogen-bond acceptors (Lipinski definition) is 5. The Morgan fingerprint density at radius 3 is 2.69 bits per heavy atom. The smallest absolute Gasteiger partial charge is 0.418 e. The van der Waals surface area contributed by atoms with Crippen LogP contribution in [-0.2, 0) is 6.18 Å². The average molecular weight is 408 g/mol. The average Bonchev–Trinajstić information content (AvgIpc) is 3.35. The number of benzene rings is 1. The van der Waals surface area contributed by atoms with Crippen LogP contribution in [0, 0.1) is 0 Å². The number of urea groups is 1. The number of carbonyl (C=O) groups excluding carboxylic acids is 1. The summed E-state index contributed by atoms with van der Waals surface area (Å²) in [5.41, 5.74) is -1.18. The molecule has 1 atom stereocenters. The van der Waals surface area contributed by atoms with Crippen molar-refractivity contribution in [1.82, 2.24) is 25.0 Å². The van der Waals surface area contributed by atoms with Crippen molar-refractivity contribution in [3.05, 3.63) is 60.6 Å². The van der Waals surface area contributed by atoms with Gasteiger partial charge in [0.25, 0.3) is 0 Å². The van der Waals surface area contributed by atoms with E-state index in [0.29, 0.717) is 5.76 Å². The summed E-state index contributed by atoms with van der Waals surface area (Å²) in [5.74, 6) is 0.628. The molecule has 0 spiro atoms. The minimum Gasteiger partial charge on any atom is -0.468 e. The van der Waals surface area contributed by atoms with E-state index in [0.717, 1.165) is 6.07 Å². The molecule has 2 N–H and O–H groups in total. The van der Waals surface area contributed by atoms with Gasteiger partial charge in [0, 0.05) is 6.54 Å². The van der Waals surface area contributed by atoms with Crippen molar-refractivity contribution < 1.29 is 22.4 Å². The zero-order valence-electron chi connectivity index (χ0n) is 15.6. The van der Waals surface area contributed by atoms with Crippen molar-refractivity contribution in [2.75, 3.05) is 26.0 Å². The lowest BCUT2D eigenvalue weighted by Gasteiger charge is -2.23. The number of halogens is 3. The molecule has 0 saturated heterocycles. The van der Waals surface area contributed by atoms with Gasteiger partial charge in [0.05, 0.1) is 29.2 Å². The molecule has 29 heavy (non-hydrogen) atoms. The number of aromatic nitrogens is 3. The second-order valence-corrected chi connectivity index (χ2v) is 6.40. The standard InChI is InChI=1S/C18H19F3N6O2/c1-26(2)15(16-4-3-7-29-16)9-23-17(28)25-14-6-5-12(27-11-22-10-24-27)8-13(14)18(19,20)21/h3-8,10-11,15H,9H2,1-2H3,(H2,23,25,28). The molecule has 1 unspecified atom stereocenters. The fraction of sp³-hybridized carbons (Fsp3) is 0.278. The third-order valence-electron chi connectivity index (χ3n) is 4.19. The van der Waals surface area contributed by atoms with Crippen LogP contribution in [0.3, 0.4) is 0 Å². The number of carbonyl (C=O) groups is 1. The molecule has 11 heteroatoms. The first-order valence-electron chi connectivity index (χ1n) is 8.56. The van der Waals surface area contributed by atoms with Crippen molar-refractivity contribution in [3.8, 4) is 5.69 Å². The maximum Gasteiger partial charge on any atom is 0.418 e. The van der Waals surface area contributed by atoms with Gasteiger partial charge in [-0.3, -0.25) is 4.90 Å². The van der Waals surface area contributed by atoms with Crippen LogP contribution in [0.4, 0.5) is 23.7 Å². The molecule has 0 aliphatic heterocycles. The van der Waals surface area contributed by atoms with Crippen LogP contribution in [0.5, 0.6) is 0 Å². The highest BCUT2D eigenvalue weighted by Crippen LogP contribution is 2.36. The van der Waals surface area contributed by atoms with Crippen LogP contribution >= 0.6 is 0 Å². The van der Waals surface area contributed by atoms with E-state index in [4.69, 9.17) is 4.42 Å². The van der Waals surface area contributed by atoms with Crippen molar-refractivity contribution in [1.29, 1.82) is 0 Å². The van der Waals surface area contributed by atoms with E-state index in [2.05, 4.69) is 20.7 Å². The zero-order valence-corrected chi connectivity index (χ0v) is 15.6. The zero-order chi connectivity index (χ0) is 21.0. The summed E-state index contributed by atoms with van der Waals surface area (Å²) in [7, 11) is 3.61. The highest BCUT2D eigenvalue weighted by atomic mass is 19.4. The van der Waals surface area contributed by atoms with Gasteiger partial charge in [0.2, 0.25) is 0 Å². The van der Waals surface area contributed by atoms with Crippen LogP contribution in [0.1, 0.15) is 17.4 Å². The first-order valence-corrected chi connectivity index (χ1v) is 8.56. The fourth-order valence-electron chi connectivity index (χ4n) is 2.73. The Labute approximate surface area is 164 Å². The van der Waals surface area contributed by atoms with Gasteiger partial charge >= 0.3 is 12.2 Å². The summed E-state index contributed by atoms with van der Waals surface area (Å²) >= 11 is 0. The third-order valence-corrected chi connectivity index (χ3v) is 4.19. The highest BCUT2D eigenvalue weighted by Gasteiger charge is 2.34. The minimum atomic E-state index is -4.67. The van der Waals surface area contributed by atoms with Crippen LogP contribution in [0.15, 0.2) is 53.7 Å². The SMILES string of the molecule is CN(C)C(CNC(=O)Nc1ccc(-n2cncn2)cc1C(F)(F)F)c1ccco1. The monoisotopic (exact) mass is 408 g/mol. The van der Waals surface area contributed by atoms with Crippen molar-refractivity contribution in [2.24, 2.45) is 0 Å². The summed E-state index contributed by atoms with van der Waals surface area (Å²) in [5, 5.41) is 8.65. The number of amides is 2. The summed E-state index contributed by atoms with van der Waals surface area (Å²) in [6, 6.07) is 5.93. The predicted molar refractivity (Wildman–Crippen MR) is 98.5 cm³/mol. The Bertz CT molecular complexity index is 939. The van der Waals surface area contributed by atoms with Gasteiger partial charge in [-0.05, 0) is 44.4 Å². The Morgan fingerprint density at radius 1 is 1.31 bits per heavy atom. The molecule has 3 aromatic rings. The number of hydrogen-bond donors (Lipinski definition) is 2. The number of likely N-dealkylation sites (N-methyl/N-ethyl adjacent to an activating group) is 1. The van der Waals surface area contributed by atoms with E-state index in [1.165, 1.54) is 35.7 Å². The molecular weight excluding hydrogens is 389 g/mol. The van der Waals surface area contributed by atoms with Crippen molar-refractivity contribution in [2.45, 2.75) is 12.2 Å². The molecule has 3 rings (SSSR count). The van der Waals surface area contributed by atoms with Gasteiger partial charge in [-0.15, -0.1) is 0 Å². The summed E-state index contributed by atoms with van der Waals surface area (Å²) < 4.78 is 47.0. The molecule has 1 aromatic carbocycles.